The fourth-order valence-corrected chi connectivity index (χ4v) is 4.81. The molecule has 4 N–H and O–H groups in total. The number of carboxylic acid groups (broad SMARTS) is 1. The van der Waals surface area contributed by atoms with Crippen LogP contribution in [0.25, 0.3) is 5.69 Å². The van der Waals surface area contributed by atoms with Crippen LogP contribution in [0.4, 0.5) is 33.7 Å². The molecule has 0 aliphatic rings. The summed E-state index contributed by atoms with van der Waals surface area (Å²) >= 11 is 11.8. The zero-order chi connectivity index (χ0) is 35.2. The molecule has 0 bridgehead atoms. The maximum absolute atomic E-state index is 13.0. The standard InChI is InChI=1S/C15H12F2N4O3.C11H10Cl2F2N4O3S/c1-8(13-12(14(22)23)3-2-4-18-13)20-21-15(24)19-11-6-9(16)5-10(17)7-11;1-5-16-19(11(20)18(5)10(14)15)9-4-8(17-23(2,21)22)6(12)3-7(9)13/h2-7H,1H3,(H,22,23)(H2,19,21,24);3-4,10,17H,1-2H3/b20-8+;. The second-order valence-corrected chi connectivity index (χ2v) is 11.7. The van der Waals surface area contributed by atoms with Gasteiger partial charge < -0.3 is 10.4 Å². The van der Waals surface area contributed by atoms with E-state index in [0.29, 0.717) is 10.7 Å². The minimum Gasteiger partial charge on any atom is -0.478 e. The Labute approximate surface area is 272 Å². The van der Waals surface area contributed by atoms with Crippen molar-refractivity contribution >= 4 is 62.3 Å². The van der Waals surface area contributed by atoms with Crippen molar-refractivity contribution in [3.63, 3.8) is 0 Å². The molecule has 4 aromatic rings. The predicted octanol–water partition coefficient (Wildman–Crippen LogP) is 5.02. The second-order valence-electron chi connectivity index (χ2n) is 9.17. The molecule has 0 unspecified atom stereocenters. The van der Waals surface area contributed by atoms with Crippen molar-refractivity contribution in [2.75, 3.05) is 16.3 Å². The molecular weight excluding hydrogens is 699 g/mol. The third kappa shape index (κ3) is 9.74. The van der Waals surface area contributed by atoms with Gasteiger partial charge in [-0.3, -0.25) is 9.71 Å². The van der Waals surface area contributed by atoms with Gasteiger partial charge in [-0.2, -0.15) is 18.6 Å². The number of pyridine rings is 1. The molecule has 14 nitrogen and oxygen atoms in total. The number of aromatic nitrogens is 4. The zero-order valence-corrected chi connectivity index (χ0v) is 26.4. The van der Waals surface area contributed by atoms with Crippen molar-refractivity contribution in [3.8, 4) is 5.69 Å². The maximum Gasteiger partial charge on any atom is 0.355 e. The fourth-order valence-electron chi connectivity index (χ4n) is 3.67. The number of aromatic carboxylic acids is 1. The van der Waals surface area contributed by atoms with Crippen molar-refractivity contribution in [2.45, 2.75) is 20.4 Å². The van der Waals surface area contributed by atoms with Gasteiger partial charge in [-0.15, -0.1) is 5.10 Å². The van der Waals surface area contributed by atoms with Crippen LogP contribution in [-0.4, -0.2) is 56.8 Å². The Balaban J connectivity index is 0.000000256. The Morgan fingerprint density at radius 1 is 1.06 bits per heavy atom. The van der Waals surface area contributed by atoms with Crippen molar-refractivity contribution < 1.29 is 40.7 Å². The number of carbonyl (C=O) groups excluding carboxylic acids is 1. The van der Waals surface area contributed by atoms with E-state index in [0.717, 1.165) is 24.5 Å². The lowest BCUT2D eigenvalue weighted by Gasteiger charge is -2.10. The minimum absolute atomic E-state index is 0.0257. The summed E-state index contributed by atoms with van der Waals surface area (Å²) in [7, 11) is -3.65. The Morgan fingerprint density at radius 2 is 1.70 bits per heavy atom. The monoisotopic (exact) mass is 720 g/mol. The summed E-state index contributed by atoms with van der Waals surface area (Å²) in [5.74, 6) is -3.10. The maximum atomic E-state index is 13.0. The SMILES string of the molecule is C/C(=N\NC(=O)Nc1cc(F)cc(F)c1)c1ncccc1C(=O)O.Cc1nn(-c2cc(NS(C)(=O)=O)c(Cl)cc2Cl)c(=O)n1C(F)F. The van der Waals surface area contributed by atoms with Gasteiger partial charge in [0.15, 0.2) is 0 Å². The van der Waals surface area contributed by atoms with Gasteiger partial charge in [0.1, 0.15) is 23.2 Å². The van der Waals surface area contributed by atoms with Gasteiger partial charge in [-0.05, 0) is 50.2 Å². The molecule has 0 atom stereocenters. The number of aryl methyl sites for hydroxylation is 1. The van der Waals surface area contributed by atoms with Gasteiger partial charge in [-0.1, -0.05) is 23.2 Å². The molecular formula is C26H22Cl2F4N8O6S. The van der Waals surface area contributed by atoms with Crippen molar-refractivity contribution in [2.24, 2.45) is 5.10 Å². The Bertz CT molecular complexity index is 2020. The van der Waals surface area contributed by atoms with E-state index in [1.807, 2.05) is 0 Å². The van der Waals surface area contributed by atoms with Crippen LogP contribution in [0.15, 0.2) is 58.6 Å². The number of carbonyl (C=O) groups is 2. The molecule has 4 rings (SSSR count). The number of hydrogen-bond acceptors (Lipinski definition) is 8. The number of nitrogens with one attached hydrogen (secondary N) is 3. The number of benzene rings is 2. The molecule has 0 spiro atoms. The molecule has 0 saturated heterocycles. The third-order valence-corrected chi connectivity index (χ3v) is 6.77. The minimum atomic E-state index is -3.65. The molecule has 0 radical (unpaired) electrons. The molecule has 2 amide bonds. The van der Waals surface area contributed by atoms with Crippen molar-refractivity contribution in [1.82, 2.24) is 24.8 Å². The van der Waals surface area contributed by atoms with Crippen LogP contribution in [-0.2, 0) is 10.0 Å². The third-order valence-electron chi connectivity index (χ3n) is 5.56. The molecule has 2 heterocycles. The molecule has 2 aromatic heterocycles. The molecule has 21 heteroatoms. The van der Waals surface area contributed by atoms with E-state index in [2.05, 4.69) is 30.6 Å². The first-order valence-electron chi connectivity index (χ1n) is 12.6. The Hall–Kier alpha value is -5.01. The number of amides is 2. The number of nitrogens with zero attached hydrogens (tertiary/aromatic N) is 5. The lowest BCUT2D eigenvalue weighted by molar-refractivity contribution is 0.0639. The number of hydrazone groups is 1. The first kappa shape index (κ1) is 36.5. The number of carboxylic acids is 1. The van der Waals surface area contributed by atoms with Gasteiger partial charge in [0.2, 0.25) is 10.0 Å². The smallest absolute Gasteiger partial charge is 0.355 e. The van der Waals surface area contributed by atoms with Crippen LogP contribution in [0, 0.1) is 18.6 Å². The highest BCUT2D eigenvalue weighted by Crippen LogP contribution is 2.31. The van der Waals surface area contributed by atoms with E-state index in [4.69, 9.17) is 28.3 Å². The van der Waals surface area contributed by atoms with Gasteiger partial charge in [0, 0.05) is 18.0 Å². The Morgan fingerprint density at radius 3 is 2.26 bits per heavy atom. The average Bonchev–Trinajstić information content (AvgIpc) is 3.25. The topological polar surface area (TPSA) is 190 Å². The molecule has 0 fully saturated rings. The summed E-state index contributed by atoms with van der Waals surface area (Å²) in [6.45, 7) is -0.392. The second kappa shape index (κ2) is 15.1. The summed E-state index contributed by atoms with van der Waals surface area (Å²) in [4.78, 5) is 38.7. The number of alkyl halides is 2. The molecule has 0 saturated carbocycles. The molecule has 2 aromatic carbocycles. The summed E-state index contributed by atoms with van der Waals surface area (Å²) in [6.07, 6.45) is 2.29. The highest BCUT2D eigenvalue weighted by Gasteiger charge is 2.21. The van der Waals surface area contributed by atoms with Gasteiger partial charge in [0.05, 0.1) is 39.0 Å². The number of sulfonamides is 1. The van der Waals surface area contributed by atoms with Gasteiger partial charge >= 0.3 is 24.2 Å². The van der Waals surface area contributed by atoms with Gasteiger partial charge in [0.25, 0.3) is 0 Å². The lowest BCUT2D eigenvalue weighted by atomic mass is 10.1. The first-order chi connectivity index (χ1) is 21.9. The summed E-state index contributed by atoms with van der Waals surface area (Å²) in [5.41, 5.74) is 0.884. The molecule has 47 heavy (non-hydrogen) atoms. The van der Waals surface area contributed by atoms with Crippen LogP contribution >= 0.6 is 23.2 Å². The zero-order valence-electron chi connectivity index (χ0n) is 24.1. The lowest BCUT2D eigenvalue weighted by Crippen LogP contribution is -2.26. The van der Waals surface area contributed by atoms with Crippen LogP contribution in [0.1, 0.15) is 35.3 Å². The quantitative estimate of drug-likeness (QED) is 0.111. The average molecular weight is 721 g/mol. The van der Waals surface area contributed by atoms with Crippen molar-refractivity contribution in [1.29, 1.82) is 0 Å². The van der Waals surface area contributed by atoms with Crippen molar-refractivity contribution in [3.05, 3.63) is 97.9 Å². The van der Waals surface area contributed by atoms with E-state index in [1.165, 1.54) is 38.2 Å². The molecule has 0 aliphatic heterocycles. The van der Waals surface area contributed by atoms with E-state index >= 15 is 0 Å². The molecule has 250 valence electrons. The summed E-state index contributed by atoms with van der Waals surface area (Å²) in [5, 5.41) is 18.6. The van der Waals surface area contributed by atoms with Crippen LogP contribution in [0.2, 0.25) is 10.0 Å². The Kier molecular flexibility index (Phi) is 11.7. The highest BCUT2D eigenvalue weighted by molar-refractivity contribution is 7.92. The summed E-state index contributed by atoms with van der Waals surface area (Å²) in [6, 6.07) is 6.79. The number of hydrogen-bond donors (Lipinski definition) is 4. The van der Waals surface area contributed by atoms with E-state index in [-0.39, 0.29) is 54.5 Å². The van der Waals surface area contributed by atoms with Crippen LogP contribution in [0.5, 0.6) is 0 Å². The van der Waals surface area contributed by atoms with Gasteiger partial charge in [-0.25, -0.2) is 41.6 Å². The highest BCUT2D eigenvalue weighted by atomic mass is 35.5. The fraction of sp³-hybridized carbons (Fsp3) is 0.154. The number of rotatable bonds is 8. The van der Waals surface area contributed by atoms with Crippen LogP contribution < -0.4 is 21.2 Å². The van der Waals surface area contributed by atoms with Crippen LogP contribution in [0.3, 0.4) is 0 Å². The van der Waals surface area contributed by atoms with E-state index in [9.17, 15) is 40.4 Å². The van der Waals surface area contributed by atoms with E-state index < -0.39 is 45.9 Å². The normalized spacial score (nSPS) is 11.5. The predicted molar refractivity (Wildman–Crippen MR) is 164 cm³/mol. The molecule has 0 aliphatic carbocycles. The summed E-state index contributed by atoms with van der Waals surface area (Å²) < 4.78 is 77.3. The van der Waals surface area contributed by atoms with E-state index in [1.54, 1.807) is 0 Å². The number of urea groups is 1. The first-order valence-corrected chi connectivity index (χ1v) is 15.2. The largest absolute Gasteiger partial charge is 0.478 e. The number of halogens is 6. The number of anilines is 2.